The summed E-state index contributed by atoms with van der Waals surface area (Å²) in [5.74, 6) is 1.80. The minimum absolute atomic E-state index is 0.583. The Kier molecular flexibility index (Phi) is 8.12. The molecular formula is C61H35N3OS. The Labute approximate surface area is 382 Å². The molecule has 4 nitrogen and oxygen atoms in total. The van der Waals surface area contributed by atoms with E-state index in [0.717, 1.165) is 60.9 Å². The maximum Gasteiger partial charge on any atom is 0.164 e. The quantitative estimate of drug-likeness (QED) is 0.162. The van der Waals surface area contributed by atoms with Gasteiger partial charge in [-0.2, -0.15) is 0 Å². The van der Waals surface area contributed by atoms with Gasteiger partial charge in [0.15, 0.2) is 17.5 Å². The lowest BCUT2D eigenvalue weighted by atomic mass is 9.92. The summed E-state index contributed by atoms with van der Waals surface area (Å²) in [6.45, 7) is 0. The highest BCUT2D eigenvalue weighted by Crippen LogP contribution is 2.42. The van der Waals surface area contributed by atoms with E-state index < -0.39 is 0 Å². The molecule has 0 N–H and O–H groups in total. The van der Waals surface area contributed by atoms with Crippen molar-refractivity contribution in [1.29, 1.82) is 0 Å². The van der Waals surface area contributed by atoms with Crippen LogP contribution < -0.4 is 0 Å². The van der Waals surface area contributed by atoms with Gasteiger partial charge in [0, 0.05) is 47.6 Å². The second-order valence-electron chi connectivity index (χ2n) is 17.1. The van der Waals surface area contributed by atoms with Crippen molar-refractivity contribution in [2.75, 3.05) is 0 Å². The van der Waals surface area contributed by atoms with E-state index in [2.05, 4.69) is 182 Å². The van der Waals surface area contributed by atoms with Crippen LogP contribution >= 0.6 is 11.3 Å². The number of hydrogen-bond donors (Lipinski definition) is 0. The summed E-state index contributed by atoms with van der Waals surface area (Å²) in [5.41, 5.74) is 8.82. The van der Waals surface area contributed by atoms with E-state index in [9.17, 15) is 0 Å². The zero-order valence-corrected chi connectivity index (χ0v) is 36.2. The van der Waals surface area contributed by atoms with Crippen LogP contribution in [0.25, 0.3) is 142 Å². The third-order valence-corrected chi connectivity index (χ3v) is 14.4. The molecule has 14 rings (SSSR count). The van der Waals surface area contributed by atoms with Crippen molar-refractivity contribution >= 4 is 96.5 Å². The molecule has 0 saturated carbocycles. The summed E-state index contributed by atoms with van der Waals surface area (Å²) in [6, 6.07) is 75.7. The SMILES string of the molecule is c1ccc(-c2nc(-c3cccc(-c4ccc5c6ccccc6c6ccccc6c5c4)c3)nc(-c3ccc4c(c3)oc3cc(-c5ccc6sc7ccc8ccccc8c7c6c5)ccc34)n2)cc1. The van der Waals surface area contributed by atoms with E-state index in [1.165, 1.54) is 63.3 Å². The molecule has 0 unspecified atom stereocenters. The standard InChI is InChI=1S/C61H35N3OS/c1-2-12-37(13-3-1)59-62-60(42-15-10-14-38(31-42)39-21-26-49-47-19-7-6-17-45(47)46-18-8-9-20-48(46)52(49)32-39)64-61(63-59)43-23-28-51-50-27-22-41(34-54(50)65-55(51)35-43)40-25-29-56-53(33-40)58-44-16-5-4-11-36(44)24-30-57(58)66-56/h1-35H. The van der Waals surface area contributed by atoms with E-state index in [4.69, 9.17) is 19.4 Å². The first-order chi connectivity index (χ1) is 32.7. The van der Waals surface area contributed by atoms with Crippen LogP contribution in [0.1, 0.15) is 0 Å². The number of rotatable bonds is 5. The van der Waals surface area contributed by atoms with Crippen LogP contribution in [0.5, 0.6) is 0 Å². The molecule has 0 atom stereocenters. The summed E-state index contributed by atoms with van der Waals surface area (Å²) in [4.78, 5) is 15.3. The van der Waals surface area contributed by atoms with Gasteiger partial charge in [0.25, 0.3) is 0 Å². The molecule has 0 amide bonds. The topological polar surface area (TPSA) is 51.8 Å². The number of nitrogens with zero attached hydrogens (tertiary/aromatic N) is 3. The zero-order valence-electron chi connectivity index (χ0n) is 35.4. The monoisotopic (exact) mass is 857 g/mol. The minimum Gasteiger partial charge on any atom is -0.456 e. The highest BCUT2D eigenvalue weighted by atomic mass is 32.1. The van der Waals surface area contributed by atoms with Crippen LogP contribution in [-0.4, -0.2) is 15.0 Å². The van der Waals surface area contributed by atoms with E-state index in [1.807, 2.05) is 41.7 Å². The third kappa shape index (κ3) is 5.87. The molecule has 0 radical (unpaired) electrons. The highest BCUT2D eigenvalue weighted by molar-refractivity contribution is 7.26. The van der Waals surface area contributed by atoms with Gasteiger partial charge in [0.2, 0.25) is 0 Å². The van der Waals surface area contributed by atoms with Crippen molar-refractivity contribution in [2.24, 2.45) is 0 Å². The van der Waals surface area contributed by atoms with Gasteiger partial charge >= 0.3 is 0 Å². The van der Waals surface area contributed by atoms with Crippen LogP contribution in [0.4, 0.5) is 0 Å². The van der Waals surface area contributed by atoms with Crippen molar-refractivity contribution in [3.05, 3.63) is 212 Å². The van der Waals surface area contributed by atoms with Gasteiger partial charge in [-0.3, -0.25) is 0 Å². The van der Waals surface area contributed by atoms with Crippen molar-refractivity contribution in [3.8, 4) is 56.4 Å². The van der Waals surface area contributed by atoms with Gasteiger partial charge in [-0.1, -0.05) is 158 Å². The van der Waals surface area contributed by atoms with Crippen molar-refractivity contribution < 1.29 is 4.42 Å². The molecule has 0 saturated heterocycles. The Balaban J connectivity index is 0.859. The summed E-state index contributed by atoms with van der Waals surface area (Å²) < 4.78 is 9.28. The van der Waals surface area contributed by atoms with Gasteiger partial charge in [-0.15, -0.1) is 11.3 Å². The van der Waals surface area contributed by atoms with Crippen LogP contribution in [0, 0.1) is 0 Å². The lowest BCUT2D eigenvalue weighted by molar-refractivity contribution is 0.669. The summed E-state index contributed by atoms with van der Waals surface area (Å²) in [5, 5.41) is 14.8. The van der Waals surface area contributed by atoms with Crippen LogP contribution in [0.15, 0.2) is 217 Å². The van der Waals surface area contributed by atoms with E-state index in [1.54, 1.807) is 0 Å². The molecule has 11 aromatic carbocycles. The van der Waals surface area contributed by atoms with E-state index >= 15 is 0 Å². The molecule has 0 bridgehead atoms. The molecule has 5 heteroatoms. The number of furan rings is 1. The van der Waals surface area contributed by atoms with E-state index in [-0.39, 0.29) is 0 Å². The molecular weight excluding hydrogens is 823 g/mol. The summed E-state index contributed by atoms with van der Waals surface area (Å²) in [7, 11) is 0. The van der Waals surface area contributed by atoms with Gasteiger partial charge < -0.3 is 4.42 Å². The normalized spacial score (nSPS) is 11.9. The minimum atomic E-state index is 0.583. The number of fused-ring (bicyclic) bond motifs is 14. The second kappa shape index (κ2) is 14.5. The average Bonchev–Trinajstić information content (AvgIpc) is 3.96. The van der Waals surface area contributed by atoms with Gasteiger partial charge in [-0.25, -0.2) is 15.0 Å². The molecule has 66 heavy (non-hydrogen) atoms. The Morgan fingerprint density at radius 1 is 0.273 bits per heavy atom. The Hall–Kier alpha value is -8.51. The Bertz CT molecular complexity index is 4270. The fourth-order valence-electron chi connectivity index (χ4n) is 10.1. The fraction of sp³-hybridized carbons (Fsp3) is 0. The molecule has 306 valence electrons. The van der Waals surface area contributed by atoms with Crippen molar-refractivity contribution in [1.82, 2.24) is 15.0 Å². The molecule has 0 aliphatic rings. The summed E-state index contributed by atoms with van der Waals surface area (Å²) >= 11 is 1.85. The number of benzene rings is 11. The molecule has 0 aliphatic heterocycles. The van der Waals surface area contributed by atoms with Crippen LogP contribution in [0.3, 0.4) is 0 Å². The Morgan fingerprint density at radius 3 is 1.44 bits per heavy atom. The number of hydrogen-bond acceptors (Lipinski definition) is 5. The molecule has 0 fully saturated rings. The number of thiophene rings is 1. The zero-order chi connectivity index (χ0) is 43.3. The maximum absolute atomic E-state index is 6.68. The van der Waals surface area contributed by atoms with Crippen molar-refractivity contribution in [3.63, 3.8) is 0 Å². The predicted octanol–water partition coefficient (Wildman–Crippen LogP) is 17.1. The second-order valence-corrected chi connectivity index (χ2v) is 18.2. The largest absolute Gasteiger partial charge is 0.456 e. The highest BCUT2D eigenvalue weighted by Gasteiger charge is 2.17. The molecule has 14 aromatic rings. The van der Waals surface area contributed by atoms with Crippen molar-refractivity contribution in [2.45, 2.75) is 0 Å². The predicted molar refractivity (Wildman–Crippen MR) is 277 cm³/mol. The molecule has 0 spiro atoms. The molecule has 0 aliphatic carbocycles. The first-order valence-electron chi connectivity index (χ1n) is 22.2. The first-order valence-corrected chi connectivity index (χ1v) is 23.1. The average molecular weight is 858 g/mol. The van der Waals surface area contributed by atoms with Gasteiger partial charge in [-0.05, 0) is 120 Å². The lowest BCUT2D eigenvalue weighted by Gasteiger charge is -2.13. The summed E-state index contributed by atoms with van der Waals surface area (Å²) in [6.07, 6.45) is 0. The molecule has 3 aromatic heterocycles. The first kappa shape index (κ1) is 36.9. The fourth-order valence-corrected chi connectivity index (χ4v) is 11.2. The molecule has 3 heterocycles. The maximum atomic E-state index is 6.68. The third-order valence-electron chi connectivity index (χ3n) is 13.3. The van der Waals surface area contributed by atoms with Gasteiger partial charge in [0.1, 0.15) is 11.2 Å². The van der Waals surface area contributed by atoms with Crippen LogP contribution in [0.2, 0.25) is 0 Å². The van der Waals surface area contributed by atoms with E-state index in [0.29, 0.717) is 17.5 Å². The smallest absolute Gasteiger partial charge is 0.164 e. The number of aromatic nitrogens is 3. The Morgan fingerprint density at radius 2 is 0.727 bits per heavy atom. The lowest BCUT2D eigenvalue weighted by Crippen LogP contribution is -2.00. The van der Waals surface area contributed by atoms with Gasteiger partial charge in [0.05, 0.1) is 0 Å². The van der Waals surface area contributed by atoms with Crippen LogP contribution in [-0.2, 0) is 0 Å².